The normalized spacial score (nSPS) is 10.8. The van der Waals surface area contributed by atoms with Crippen molar-refractivity contribution in [2.24, 2.45) is 20.9 Å². The molecule has 2 rings (SSSR count). The first-order valence-corrected chi connectivity index (χ1v) is 20.4. The number of carbonyl (C=O) groups excluding carboxylic acids is 2. The van der Waals surface area contributed by atoms with Gasteiger partial charge < -0.3 is 35.5 Å². The minimum Gasteiger partial charge on any atom is -0.600 e. The fourth-order valence-corrected chi connectivity index (χ4v) is 4.83. The van der Waals surface area contributed by atoms with Gasteiger partial charge in [-0.1, -0.05) is 13.8 Å². The van der Waals surface area contributed by atoms with E-state index in [1.807, 2.05) is 10.5 Å². The molecule has 0 radical (unpaired) electrons. The fourth-order valence-electron chi connectivity index (χ4n) is 2.07. The zero-order valence-corrected chi connectivity index (χ0v) is 32.5. The molecule has 0 unspecified atom stereocenters. The molecule has 0 aliphatic heterocycles. The van der Waals surface area contributed by atoms with E-state index in [1.54, 1.807) is 13.8 Å². The van der Waals surface area contributed by atoms with Crippen molar-refractivity contribution in [3.8, 4) is 0 Å². The van der Waals surface area contributed by atoms with E-state index in [0.717, 1.165) is 0 Å². The molecule has 46 heavy (non-hydrogen) atoms. The van der Waals surface area contributed by atoms with Crippen molar-refractivity contribution in [3.63, 3.8) is 0 Å². The van der Waals surface area contributed by atoms with Gasteiger partial charge in [-0.2, -0.15) is 0 Å². The number of rotatable bonds is 8. The van der Waals surface area contributed by atoms with E-state index in [1.165, 1.54) is 98.0 Å². The molecular formula is C23H28ClI2MgN5O12S2. The molecular weight excluding hydrogens is 916 g/mol. The molecule has 0 atom stereocenters. The Kier molecular flexibility index (Phi) is 28.0. The molecule has 17 nitrogen and oxygen atoms in total. The zero-order valence-electron chi connectivity index (χ0n) is 24.4. The zero-order chi connectivity index (χ0) is 35.1. The van der Waals surface area contributed by atoms with Crippen molar-refractivity contribution in [1.29, 1.82) is 0 Å². The van der Waals surface area contributed by atoms with Crippen molar-refractivity contribution in [2.45, 2.75) is 23.6 Å². The number of amides is 3. The van der Waals surface area contributed by atoms with Gasteiger partial charge in [-0.3, -0.25) is 0 Å². The number of hydrogen-bond donors (Lipinski definition) is 2. The van der Waals surface area contributed by atoms with Crippen LogP contribution in [0.15, 0.2) is 73.5 Å². The van der Waals surface area contributed by atoms with Crippen LogP contribution in [-0.4, -0.2) is 96.9 Å². The molecule has 2 aromatic carbocycles. The van der Waals surface area contributed by atoms with Crippen LogP contribution in [-0.2, 0) is 28.2 Å². The summed E-state index contributed by atoms with van der Waals surface area (Å²) in [6, 6.07) is 10.5. The second-order valence-corrected chi connectivity index (χ2v) is 17.0. The molecule has 0 bridgehead atoms. The van der Waals surface area contributed by atoms with Crippen LogP contribution >= 0.6 is 54.0 Å². The van der Waals surface area contributed by atoms with Crippen molar-refractivity contribution in [2.75, 3.05) is 32.7 Å². The molecule has 252 valence electrons. The maximum absolute atomic E-state index is 11.1. The third kappa shape index (κ3) is 25.9. The number of benzene rings is 2. The van der Waals surface area contributed by atoms with E-state index in [2.05, 4.69) is 29.9 Å². The van der Waals surface area contributed by atoms with Gasteiger partial charge in [-0.15, -0.1) is 16.5 Å². The van der Waals surface area contributed by atoms with Gasteiger partial charge >= 0.3 is 35.2 Å². The third-order valence-corrected chi connectivity index (χ3v) is 8.71. The number of nitroso groups, excluding NO2 is 1. The second-order valence-electron chi connectivity index (χ2n) is 6.99. The summed E-state index contributed by atoms with van der Waals surface area (Å²) in [5, 5.41) is 26.0. The van der Waals surface area contributed by atoms with E-state index in [-0.39, 0.29) is 52.7 Å². The van der Waals surface area contributed by atoms with Crippen LogP contribution in [0.1, 0.15) is 13.8 Å². The molecule has 0 aliphatic rings. The number of nitrogens with one attached hydrogen (secondary N) is 1. The van der Waals surface area contributed by atoms with Gasteiger partial charge in [0.1, 0.15) is 6.61 Å². The van der Waals surface area contributed by atoms with Crippen LogP contribution in [0.25, 0.3) is 0 Å². The fraction of sp³-hybridized carbons (Fsp3) is 0.304. The Labute approximate surface area is 310 Å². The number of aliphatic imine (C=N–C) groups is 2. The number of ether oxygens (including phenoxy) is 3. The van der Waals surface area contributed by atoms with E-state index in [9.17, 15) is 36.6 Å². The monoisotopic (exact) mass is 943 g/mol. The summed E-state index contributed by atoms with van der Waals surface area (Å²) in [6.45, 7) is 4.06. The van der Waals surface area contributed by atoms with E-state index in [0.29, 0.717) is 17.3 Å². The van der Waals surface area contributed by atoms with E-state index >= 15 is 0 Å². The number of hydrogen-bond acceptors (Lipinski definition) is 14. The molecule has 3 amide bonds. The largest absolute Gasteiger partial charge is 2.00 e. The number of halogens is 3. The molecule has 0 saturated carbocycles. The summed E-state index contributed by atoms with van der Waals surface area (Å²) in [5.74, 6) is 0.295. The predicted octanol–water partition coefficient (Wildman–Crippen LogP) is 2.42. The number of carbonyl (C=O) groups is 2. The molecule has 2 aromatic rings. The number of alkyl halides is 1. The molecule has 23 heteroatoms. The quantitative estimate of drug-likeness (QED) is 0.0735. The second kappa shape index (κ2) is 26.8. The molecule has 3 N–H and O–H groups in total. The summed E-state index contributed by atoms with van der Waals surface area (Å²) in [6.07, 6.45) is -2.15. The minimum atomic E-state index is -3.25. The van der Waals surface area contributed by atoms with Crippen LogP contribution in [0.3, 0.4) is 0 Å². The van der Waals surface area contributed by atoms with Gasteiger partial charge in [-0.05, 0) is 61.7 Å². The first kappa shape index (κ1) is 48.1. The van der Waals surface area contributed by atoms with E-state index < -0.39 is 38.3 Å². The van der Waals surface area contributed by atoms with Gasteiger partial charge in [-0.25, -0.2) is 36.4 Å². The number of primary amides is 1. The molecule has 0 aliphatic carbocycles. The summed E-state index contributed by atoms with van der Waals surface area (Å²) in [5.41, 5.74) is 5.29. The third-order valence-electron chi connectivity index (χ3n) is 3.83. The predicted molar refractivity (Wildman–Crippen MR) is 185 cm³/mol. The first-order chi connectivity index (χ1) is 20.9. The Hall–Kier alpha value is -2.26. The standard InChI is InChI=1S/2C9H10INO4S.C3H6ClNO2.C2H4N2O2.Mg/c2*1-2-15-9(12)11-7-3-5-8(6-4-7)16(10,13)14;4-1-2-7-3(5)6;1-3-2(5)4-6;/h2*3-6H,2H2,1H3,(H,11,12);1-2H2,(H2,5,6);1H3,(H,3,5);/q;;;;+2/p-2. The Morgan fingerprint density at radius 1 is 0.826 bits per heavy atom. The van der Waals surface area contributed by atoms with Crippen molar-refractivity contribution < 1.29 is 50.8 Å². The Morgan fingerprint density at radius 3 is 1.35 bits per heavy atom. The maximum atomic E-state index is 11.1. The molecule has 0 fully saturated rings. The summed E-state index contributed by atoms with van der Waals surface area (Å²) >= 11 is 7.80. The first-order valence-electron chi connectivity index (χ1n) is 11.8. The molecule has 0 aromatic heterocycles. The smallest absolute Gasteiger partial charge is 0.600 e. The topological polar surface area (TPSA) is 268 Å². The van der Waals surface area contributed by atoms with Crippen molar-refractivity contribution in [1.82, 2.24) is 5.32 Å². The average molecular weight is 944 g/mol. The van der Waals surface area contributed by atoms with Gasteiger partial charge in [0.15, 0.2) is 12.2 Å². The Morgan fingerprint density at radius 2 is 1.17 bits per heavy atom. The SMILES string of the molecule is CCOC([O-])=Nc1ccc(S(=O)(=O)I)cc1.CCOC([O-])=Nc1ccc(S(=O)(=O)I)cc1.CNC(=O)N=O.NC(=O)OCCCl.[Mg+2]. The summed E-state index contributed by atoms with van der Waals surface area (Å²) < 4.78 is 58.0. The Bertz CT molecular complexity index is 1390. The van der Waals surface area contributed by atoms with Gasteiger partial charge in [0, 0.05) is 12.2 Å². The van der Waals surface area contributed by atoms with Crippen LogP contribution < -0.4 is 21.3 Å². The minimum absolute atomic E-state index is 0. The van der Waals surface area contributed by atoms with Crippen molar-refractivity contribution in [3.05, 3.63) is 53.4 Å². The van der Waals surface area contributed by atoms with E-state index in [4.69, 9.17) is 16.5 Å². The number of nitrogens with two attached hydrogens (primary N) is 1. The summed E-state index contributed by atoms with van der Waals surface area (Å²) in [7, 11) is -5.16. The van der Waals surface area contributed by atoms with Gasteiger partial charge in [0.2, 0.25) is 14.0 Å². The number of nitrogens with zero attached hydrogens (tertiary/aromatic N) is 3. The molecule has 0 spiro atoms. The van der Waals surface area contributed by atoms with Crippen LogP contribution in [0.4, 0.5) is 21.0 Å². The average Bonchev–Trinajstić information content (AvgIpc) is 2.96. The van der Waals surface area contributed by atoms with Gasteiger partial charge in [0.25, 0.3) is 0 Å². The molecule has 0 saturated heterocycles. The van der Waals surface area contributed by atoms with Crippen LogP contribution in [0.5, 0.6) is 0 Å². The van der Waals surface area contributed by atoms with Crippen LogP contribution in [0, 0.1) is 4.91 Å². The maximum Gasteiger partial charge on any atom is 2.00 e. The Balaban J connectivity index is -0.000000579. The molecule has 0 heterocycles. The van der Waals surface area contributed by atoms with Crippen LogP contribution in [0.2, 0.25) is 0 Å². The van der Waals surface area contributed by atoms with Gasteiger partial charge in [0.05, 0.1) is 69.5 Å². The van der Waals surface area contributed by atoms with Crippen molar-refractivity contribution >= 4 is 127 Å². The summed E-state index contributed by atoms with van der Waals surface area (Å²) in [4.78, 5) is 35.9. The number of urea groups is 1.